The van der Waals surface area contributed by atoms with Gasteiger partial charge in [0.05, 0.1) is 0 Å². The number of nitrogens with one attached hydrogen (secondary N) is 2. The molecule has 0 unspecified atom stereocenters. The van der Waals surface area contributed by atoms with Crippen LogP contribution in [0, 0.1) is 13.8 Å². The molecule has 0 saturated heterocycles. The van der Waals surface area contributed by atoms with Gasteiger partial charge >= 0.3 is 4.87 Å². The molecule has 7 heteroatoms. The van der Waals surface area contributed by atoms with Crippen LogP contribution in [0.15, 0.2) is 29.1 Å². The summed E-state index contributed by atoms with van der Waals surface area (Å²) in [6, 6.07) is 7.42. The fourth-order valence-electron chi connectivity index (χ4n) is 2.56. The van der Waals surface area contributed by atoms with Crippen molar-refractivity contribution < 1.29 is 9.59 Å². The fourth-order valence-corrected chi connectivity index (χ4v) is 3.42. The SMILES string of the molecule is CCCC(=O)Nc1cccc(CNC(=O)CCn2c(C)c(C)sc2=O)c1. The zero-order chi connectivity index (χ0) is 19.1. The molecular formula is C19H25N3O3S. The van der Waals surface area contributed by atoms with Crippen LogP contribution in [-0.2, 0) is 22.7 Å². The first kappa shape index (κ1) is 19.9. The van der Waals surface area contributed by atoms with Crippen LogP contribution in [0.4, 0.5) is 5.69 Å². The van der Waals surface area contributed by atoms with Gasteiger partial charge < -0.3 is 15.2 Å². The van der Waals surface area contributed by atoms with Crippen LogP contribution in [0.1, 0.15) is 42.3 Å². The third kappa shape index (κ3) is 5.56. The summed E-state index contributed by atoms with van der Waals surface area (Å²) in [6.45, 7) is 6.52. The van der Waals surface area contributed by atoms with Gasteiger partial charge in [-0.25, -0.2) is 0 Å². The molecule has 140 valence electrons. The quantitative estimate of drug-likeness (QED) is 0.744. The molecule has 2 N–H and O–H groups in total. The molecule has 2 rings (SSSR count). The first-order valence-corrected chi connectivity index (χ1v) is 9.54. The summed E-state index contributed by atoms with van der Waals surface area (Å²) in [4.78, 5) is 36.5. The van der Waals surface area contributed by atoms with E-state index in [4.69, 9.17) is 0 Å². The smallest absolute Gasteiger partial charge is 0.307 e. The zero-order valence-corrected chi connectivity index (χ0v) is 16.2. The zero-order valence-electron chi connectivity index (χ0n) is 15.4. The topological polar surface area (TPSA) is 80.2 Å². The number of carbonyl (C=O) groups excluding carboxylic acids is 2. The number of aromatic nitrogens is 1. The van der Waals surface area contributed by atoms with Crippen LogP contribution in [-0.4, -0.2) is 16.4 Å². The van der Waals surface area contributed by atoms with Gasteiger partial charge in [0, 0.05) is 42.2 Å². The minimum absolute atomic E-state index is 0.0134. The summed E-state index contributed by atoms with van der Waals surface area (Å²) in [6.07, 6.45) is 1.54. The first-order chi connectivity index (χ1) is 12.4. The lowest BCUT2D eigenvalue weighted by Gasteiger charge is -2.09. The summed E-state index contributed by atoms with van der Waals surface area (Å²) in [7, 11) is 0. The van der Waals surface area contributed by atoms with Gasteiger partial charge in [0.25, 0.3) is 0 Å². The Kier molecular flexibility index (Phi) is 7.15. The minimum Gasteiger partial charge on any atom is -0.352 e. The highest BCUT2D eigenvalue weighted by atomic mass is 32.1. The normalized spacial score (nSPS) is 10.6. The Labute approximate surface area is 157 Å². The number of thiazole rings is 1. The van der Waals surface area contributed by atoms with Gasteiger partial charge in [-0.3, -0.25) is 14.4 Å². The second-order valence-electron chi connectivity index (χ2n) is 6.19. The lowest BCUT2D eigenvalue weighted by molar-refractivity contribution is -0.121. The van der Waals surface area contributed by atoms with E-state index in [-0.39, 0.29) is 23.1 Å². The molecule has 0 bridgehead atoms. The molecule has 1 heterocycles. The maximum Gasteiger partial charge on any atom is 0.307 e. The van der Waals surface area contributed by atoms with E-state index in [1.807, 2.05) is 45.0 Å². The van der Waals surface area contributed by atoms with Gasteiger partial charge in [0.1, 0.15) is 0 Å². The van der Waals surface area contributed by atoms with Crippen LogP contribution >= 0.6 is 11.3 Å². The monoisotopic (exact) mass is 375 g/mol. The standard InChI is InChI=1S/C19H25N3O3S/c1-4-6-18(24)21-16-8-5-7-15(11-16)12-20-17(23)9-10-22-13(2)14(3)26-19(22)25/h5,7-8,11H,4,6,9-10,12H2,1-3H3,(H,20,23)(H,21,24). The average molecular weight is 375 g/mol. The van der Waals surface area contributed by atoms with Gasteiger partial charge in [-0.05, 0) is 38.0 Å². The summed E-state index contributed by atoms with van der Waals surface area (Å²) in [5, 5.41) is 5.70. The molecule has 0 aliphatic heterocycles. The van der Waals surface area contributed by atoms with Crippen LogP contribution in [0.5, 0.6) is 0 Å². The molecule has 26 heavy (non-hydrogen) atoms. The van der Waals surface area contributed by atoms with E-state index in [0.717, 1.165) is 28.2 Å². The molecule has 6 nitrogen and oxygen atoms in total. The van der Waals surface area contributed by atoms with Crippen LogP contribution < -0.4 is 15.5 Å². The number of amides is 2. The van der Waals surface area contributed by atoms with E-state index < -0.39 is 0 Å². The highest BCUT2D eigenvalue weighted by molar-refractivity contribution is 7.09. The maximum atomic E-state index is 12.1. The Morgan fingerprint density at radius 3 is 2.58 bits per heavy atom. The van der Waals surface area contributed by atoms with Crippen molar-refractivity contribution in [3.63, 3.8) is 0 Å². The molecule has 0 aliphatic rings. The Morgan fingerprint density at radius 1 is 1.15 bits per heavy atom. The Bertz CT molecular complexity index is 839. The van der Waals surface area contributed by atoms with Gasteiger partial charge in [-0.1, -0.05) is 30.4 Å². The second kappa shape index (κ2) is 9.33. The third-order valence-electron chi connectivity index (χ3n) is 4.12. The van der Waals surface area contributed by atoms with Crippen molar-refractivity contribution in [1.82, 2.24) is 9.88 Å². The lowest BCUT2D eigenvalue weighted by atomic mass is 10.2. The number of hydrogen-bond donors (Lipinski definition) is 2. The van der Waals surface area contributed by atoms with Crippen LogP contribution in [0.2, 0.25) is 0 Å². The van der Waals surface area contributed by atoms with E-state index in [9.17, 15) is 14.4 Å². The van der Waals surface area contributed by atoms with Crippen molar-refractivity contribution in [2.45, 2.75) is 53.1 Å². The van der Waals surface area contributed by atoms with E-state index in [1.165, 1.54) is 11.3 Å². The molecule has 0 aliphatic carbocycles. The van der Waals surface area contributed by atoms with Gasteiger partial charge in [-0.2, -0.15) is 0 Å². The number of nitrogens with zero attached hydrogens (tertiary/aromatic N) is 1. The molecule has 2 aromatic rings. The van der Waals surface area contributed by atoms with Crippen LogP contribution in [0.3, 0.4) is 0 Å². The molecular weight excluding hydrogens is 350 g/mol. The largest absolute Gasteiger partial charge is 0.352 e. The van der Waals surface area contributed by atoms with Gasteiger partial charge in [-0.15, -0.1) is 0 Å². The maximum absolute atomic E-state index is 12.1. The number of aryl methyl sites for hydroxylation is 1. The average Bonchev–Trinajstić information content (AvgIpc) is 2.84. The Hall–Kier alpha value is -2.41. The molecule has 0 spiro atoms. The predicted molar refractivity (Wildman–Crippen MR) is 104 cm³/mol. The van der Waals surface area contributed by atoms with Gasteiger partial charge in [0.2, 0.25) is 11.8 Å². The van der Waals surface area contributed by atoms with Crippen molar-refractivity contribution in [2.75, 3.05) is 5.32 Å². The summed E-state index contributed by atoms with van der Waals surface area (Å²) >= 11 is 1.21. The Morgan fingerprint density at radius 2 is 1.92 bits per heavy atom. The minimum atomic E-state index is -0.111. The summed E-state index contributed by atoms with van der Waals surface area (Å²) in [5.41, 5.74) is 2.56. The van der Waals surface area contributed by atoms with Crippen molar-refractivity contribution in [1.29, 1.82) is 0 Å². The number of anilines is 1. The summed E-state index contributed by atoms with van der Waals surface area (Å²) in [5.74, 6) is -0.124. The number of benzene rings is 1. The van der Waals surface area contributed by atoms with Crippen molar-refractivity contribution in [3.05, 3.63) is 50.1 Å². The van der Waals surface area contributed by atoms with E-state index >= 15 is 0 Å². The van der Waals surface area contributed by atoms with Crippen LogP contribution in [0.25, 0.3) is 0 Å². The Balaban J connectivity index is 1.85. The summed E-state index contributed by atoms with van der Waals surface area (Å²) < 4.78 is 1.64. The number of carbonyl (C=O) groups is 2. The fraction of sp³-hybridized carbons (Fsp3) is 0.421. The highest BCUT2D eigenvalue weighted by Crippen LogP contribution is 2.12. The molecule has 0 atom stereocenters. The molecule has 0 radical (unpaired) electrons. The number of rotatable bonds is 8. The molecule has 2 amide bonds. The van der Waals surface area contributed by atoms with Crippen molar-refractivity contribution >= 4 is 28.8 Å². The predicted octanol–water partition coefficient (Wildman–Crippen LogP) is 2.97. The highest BCUT2D eigenvalue weighted by Gasteiger charge is 2.09. The van der Waals surface area contributed by atoms with Gasteiger partial charge in [0.15, 0.2) is 0 Å². The number of hydrogen-bond acceptors (Lipinski definition) is 4. The second-order valence-corrected chi connectivity index (χ2v) is 7.35. The van der Waals surface area contributed by atoms with Crippen molar-refractivity contribution in [3.8, 4) is 0 Å². The molecule has 1 aromatic carbocycles. The molecule has 0 fully saturated rings. The van der Waals surface area contributed by atoms with E-state index in [1.54, 1.807) is 4.57 Å². The van der Waals surface area contributed by atoms with Crippen molar-refractivity contribution in [2.24, 2.45) is 0 Å². The lowest BCUT2D eigenvalue weighted by Crippen LogP contribution is -2.26. The molecule has 0 saturated carbocycles. The van der Waals surface area contributed by atoms with E-state index in [2.05, 4.69) is 10.6 Å². The van der Waals surface area contributed by atoms with E-state index in [0.29, 0.717) is 19.5 Å². The first-order valence-electron chi connectivity index (χ1n) is 8.73. The third-order valence-corrected chi connectivity index (χ3v) is 5.11. The molecule has 1 aromatic heterocycles.